The molecule has 0 aliphatic carbocycles. The number of ether oxygens (including phenoxy) is 1. The van der Waals surface area contributed by atoms with Gasteiger partial charge in [-0.25, -0.2) is 0 Å². The molecule has 128 valence electrons. The summed E-state index contributed by atoms with van der Waals surface area (Å²) in [6.07, 6.45) is 0. The standard InChI is InChI=1S/C19H19N3O2S/c1-12-4-7-16(10-13(12)2)20-19(23)15-5-8-17(9-6-15)24-11-18-14(3)21-25-22-18/h4-10H,11H2,1-3H3,(H,20,23). The van der Waals surface area contributed by atoms with Gasteiger partial charge in [-0.1, -0.05) is 6.07 Å². The Bertz CT molecular complexity index is 888. The highest BCUT2D eigenvalue weighted by Gasteiger charge is 2.08. The van der Waals surface area contributed by atoms with E-state index >= 15 is 0 Å². The molecule has 0 saturated heterocycles. The molecule has 0 spiro atoms. The molecule has 3 rings (SSSR count). The molecule has 1 heterocycles. The van der Waals surface area contributed by atoms with Gasteiger partial charge in [0.2, 0.25) is 0 Å². The monoisotopic (exact) mass is 353 g/mol. The largest absolute Gasteiger partial charge is 0.487 e. The molecule has 2 aromatic carbocycles. The highest BCUT2D eigenvalue weighted by molar-refractivity contribution is 6.99. The molecule has 5 nitrogen and oxygen atoms in total. The fraction of sp³-hybridized carbons (Fsp3) is 0.211. The fourth-order valence-corrected chi connectivity index (χ4v) is 2.81. The second-order valence-electron chi connectivity index (χ2n) is 5.86. The lowest BCUT2D eigenvalue weighted by atomic mass is 10.1. The molecule has 25 heavy (non-hydrogen) atoms. The molecule has 1 amide bonds. The summed E-state index contributed by atoms with van der Waals surface area (Å²) in [7, 11) is 0. The van der Waals surface area contributed by atoms with Gasteiger partial charge in [-0.2, -0.15) is 8.75 Å². The molecular formula is C19H19N3O2S. The Balaban J connectivity index is 1.62. The zero-order chi connectivity index (χ0) is 17.8. The molecule has 0 aliphatic rings. The summed E-state index contributed by atoms with van der Waals surface area (Å²) in [6, 6.07) is 12.9. The molecule has 0 radical (unpaired) electrons. The minimum Gasteiger partial charge on any atom is -0.487 e. The van der Waals surface area contributed by atoms with Crippen LogP contribution in [-0.4, -0.2) is 14.7 Å². The van der Waals surface area contributed by atoms with Crippen molar-refractivity contribution in [3.63, 3.8) is 0 Å². The normalized spacial score (nSPS) is 10.5. The number of nitrogens with zero attached hydrogens (tertiary/aromatic N) is 2. The quantitative estimate of drug-likeness (QED) is 0.743. The highest BCUT2D eigenvalue weighted by Crippen LogP contribution is 2.18. The predicted octanol–water partition coefficient (Wildman–Crippen LogP) is 4.29. The number of amides is 1. The van der Waals surface area contributed by atoms with Crippen molar-refractivity contribution >= 4 is 23.3 Å². The summed E-state index contributed by atoms with van der Waals surface area (Å²) in [4.78, 5) is 12.3. The third-order valence-electron chi connectivity index (χ3n) is 4.00. The maximum Gasteiger partial charge on any atom is 0.255 e. The van der Waals surface area contributed by atoms with Crippen LogP contribution in [0.15, 0.2) is 42.5 Å². The summed E-state index contributed by atoms with van der Waals surface area (Å²) in [6.45, 7) is 6.35. The van der Waals surface area contributed by atoms with Crippen molar-refractivity contribution in [2.75, 3.05) is 5.32 Å². The number of aromatic nitrogens is 2. The zero-order valence-electron chi connectivity index (χ0n) is 14.4. The Hall–Kier alpha value is -2.73. The van der Waals surface area contributed by atoms with Crippen molar-refractivity contribution in [2.45, 2.75) is 27.4 Å². The van der Waals surface area contributed by atoms with Crippen LogP contribution in [0.25, 0.3) is 0 Å². The van der Waals surface area contributed by atoms with Crippen LogP contribution in [0.2, 0.25) is 0 Å². The summed E-state index contributed by atoms with van der Waals surface area (Å²) >= 11 is 1.18. The summed E-state index contributed by atoms with van der Waals surface area (Å²) in [5.41, 5.74) is 5.44. The van der Waals surface area contributed by atoms with Crippen LogP contribution in [0.4, 0.5) is 5.69 Å². The number of carbonyl (C=O) groups excluding carboxylic acids is 1. The van der Waals surface area contributed by atoms with Gasteiger partial charge in [-0.3, -0.25) is 4.79 Å². The van der Waals surface area contributed by atoms with E-state index in [9.17, 15) is 4.79 Å². The predicted molar refractivity (Wildman–Crippen MR) is 99.3 cm³/mol. The van der Waals surface area contributed by atoms with E-state index in [0.29, 0.717) is 17.9 Å². The van der Waals surface area contributed by atoms with E-state index in [4.69, 9.17) is 4.74 Å². The first-order valence-corrected chi connectivity index (χ1v) is 8.65. The molecule has 0 unspecified atom stereocenters. The van der Waals surface area contributed by atoms with Crippen molar-refractivity contribution in [3.8, 4) is 5.75 Å². The number of hydrogen-bond acceptors (Lipinski definition) is 5. The van der Waals surface area contributed by atoms with Crippen LogP contribution < -0.4 is 10.1 Å². The first-order chi connectivity index (χ1) is 12.0. The molecular weight excluding hydrogens is 334 g/mol. The molecule has 6 heteroatoms. The van der Waals surface area contributed by atoms with Gasteiger partial charge in [0, 0.05) is 11.3 Å². The van der Waals surface area contributed by atoms with Gasteiger partial charge >= 0.3 is 0 Å². The highest BCUT2D eigenvalue weighted by atomic mass is 32.1. The van der Waals surface area contributed by atoms with Crippen LogP contribution in [0.3, 0.4) is 0 Å². The average Bonchev–Trinajstić information content (AvgIpc) is 3.02. The third kappa shape index (κ3) is 4.22. The molecule has 0 fully saturated rings. The zero-order valence-corrected chi connectivity index (χ0v) is 15.2. The van der Waals surface area contributed by atoms with E-state index in [2.05, 4.69) is 14.1 Å². The Kier molecular flexibility index (Phi) is 5.09. The number of aryl methyl sites for hydroxylation is 3. The number of benzene rings is 2. The van der Waals surface area contributed by atoms with E-state index < -0.39 is 0 Å². The Labute approximate surface area is 151 Å². The molecule has 0 saturated carbocycles. The van der Waals surface area contributed by atoms with Crippen molar-refractivity contribution in [2.24, 2.45) is 0 Å². The van der Waals surface area contributed by atoms with Gasteiger partial charge in [-0.15, -0.1) is 0 Å². The van der Waals surface area contributed by atoms with E-state index in [1.165, 1.54) is 17.3 Å². The molecule has 3 aromatic rings. The summed E-state index contributed by atoms with van der Waals surface area (Å²) < 4.78 is 14.0. The number of carbonyl (C=O) groups is 1. The minimum absolute atomic E-state index is 0.144. The fourth-order valence-electron chi connectivity index (χ4n) is 2.26. The van der Waals surface area contributed by atoms with E-state index in [1.807, 2.05) is 39.0 Å². The maximum absolute atomic E-state index is 12.3. The second-order valence-corrected chi connectivity index (χ2v) is 6.39. The minimum atomic E-state index is -0.144. The first kappa shape index (κ1) is 17.1. The van der Waals surface area contributed by atoms with E-state index in [1.54, 1.807) is 24.3 Å². The molecule has 0 atom stereocenters. The topological polar surface area (TPSA) is 64.1 Å². The number of hydrogen-bond donors (Lipinski definition) is 1. The average molecular weight is 353 g/mol. The lowest BCUT2D eigenvalue weighted by Gasteiger charge is -2.09. The lowest BCUT2D eigenvalue weighted by Crippen LogP contribution is -2.12. The van der Waals surface area contributed by atoms with Gasteiger partial charge in [0.05, 0.1) is 17.4 Å². The van der Waals surface area contributed by atoms with E-state index in [0.717, 1.165) is 22.6 Å². The van der Waals surface area contributed by atoms with Gasteiger partial charge in [-0.05, 0) is 68.3 Å². The maximum atomic E-state index is 12.3. The van der Waals surface area contributed by atoms with Crippen LogP contribution in [0, 0.1) is 20.8 Å². The third-order valence-corrected chi connectivity index (χ3v) is 4.66. The summed E-state index contributed by atoms with van der Waals surface area (Å²) in [5, 5.41) is 2.91. The van der Waals surface area contributed by atoms with Crippen LogP contribution in [-0.2, 0) is 6.61 Å². The molecule has 0 bridgehead atoms. The van der Waals surface area contributed by atoms with Crippen molar-refractivity contribution in [3.05, 3.63) is 70.5 Å². The Morgan fingerprint density at radius 3 is 2.44 bits per heavy atom. The van der Waals surface area contributed by atoms with Crippen molar-refractivity contribution in [1.29, 1.82) is 0 Å². The molecule has 0 aliphatic heterocycles. The second kappa shape index (κ2) is 7.44. The number of rotatable bonds is 5. The summed E-state index contributed by atoms with van der Waals surface area (Å²) in [5.74, 6) is 0.546. The van der Waals surface area contributed by atoms with Gasteiger partial charge in [0.1, 0.15) is 18.1 Å². The Morgan fingerprint density at radius 1 is 1.04 bits per heavy atom. The SMILES string of the molecule is Cc1ccc(NC(=O)c2ccc(OCc3nsnc3C)cc2)cc1C. The van der Waals surface area contributed by atoms with Crippen molar-refractivity contribution < 1.29 is 9.53 Å². The van der Waals surface area contributed by atoms with Gasteiger partial charge in [0.15, 0.2) is 0 Å². The van der Waals surface area contributed by atoms with Gasteiger partial charge in [0.25, 0.3) is 5.91 Å². The van der Waals surface area contributed by atoms with Crippen LogP contribution in [0.1, 0.15) is 32.9 Å². The van der Waals surface area contributed by atoms with E-state index in [-0.39, 0.29) is 5.91 Å². The van der Waals surface area contributed by atoms with Crippen molar-refractivity contribution in [1.82, 2.24) is 8.75 Å². The van der Waals surface area contributed by atoms with Crippen LogP contribution in [0.5, 0.6) is 5.75 Å². The number of anilines is 1. The smallest absolute Gasteiger partial charge is 0.255 e. The Morgan fingerprint density at radius 2 is 1.80 bits per heavy atom. The lowest BCUT2D eigenvalue weighted by molar-refractivity contribution is 0.102. The molecule has 1 aromatic heterocycles. The van der Waals surface area contributed by atoms with Gasteiger partial charge < -0.3 is 10.1 Å². The van der Waals surface area contributed by atoms with Crippen LogP contribution >= 0.6 is 11.7 Å². The first-order valence-electron chi connectivity index (χ1n) is 7.92. The molecule has 1 N–H and O–H groups in total. The number of nitrogens with one attached hydrogen (secondary N) is 1.